The van der Waals surface area contributed by atoms with E-state index in [0.717, 1.165) is 22.8 Å². The molecule has 152 valence electrons. The van der Waals surface area contributed by atoms with Crippen molar-refractivity contribution in [2.75, 3.05) is 11.1 Å². The summed E-state index contributed by atoms with van der Waals surface area (Å²) in [5.41, 5.74) is 2.90. The molecule has 1 amide bonds. The van der Waals surface area contributed by atoms with E-state index in [9.17, 15) is 4.79 Å². The van der Waals surface area contributed by atoms with Crippen molar-refractivity contribution in [1.82, 2.24) is 19.7 Å². The number of hydrogen-bond donors (Lipinski definition) is 1. The van der Waals surface area contributed by atoms with Crippen LogP contribution in [0.25, 0.3) is 17.1 Å². The minimum atomic E-state index is -0.117. The number of hydrogen-bond acceptors (Lipinski definition) is 6. The van der Waals surface area contributed by atoms with E-state index in [2.05, 4.69) is 34.3 Å². The Kier molecular flexibility index (Phi) is 6.25. The average molecular weight is 436 g/mol. The van der Waals surface area contributed by atoms with E-state index in [1.807, 2.05) is 70.6 Å². The van der Waals surface area contributed by atoms with Gasteiger partial charge in [0.15, 0.2) is 16.1 Å². The van der Waals surface area contributed by atoms with E-state index in [1.54, 1.807) is 0 Å². The Labute approximate surface area is 183 Å². The van der Waals surface area contributed by atoms with Crippen LogP contribution in [0.5, 0.6) is 0 Å². The summed E-state index contributed by atoms with van der Waals surface area (Å²) in [7, 11) is 0. The lowest BCUT2D eigenvalue weighted by atomic mass is 10.2. The number of nitrogens with zero attached hydrogens (tertiary/aromatic N) is 4. The molecule has 4 aromatic rings. The summed E-state index contributed by atoms with van der Waals surface area (Å²) < 4.78 is 1.98. The predicted molar refractivity (Wildman–Crippen MR) is 122 cm³/mol. The van der Waals surface area contributed by atoms with Crippen LogP contribution < -0.4 is 5.32 Å². The minimum absolute atomic E-state index is 0.117. The Morgan fingerprint density at radius 3 is 2.43 bits per heavy atom. The first-order valence-corrected chi connectivity index (χ1v) is 11.4. The molecule has 0 radical (unpaired) electrons. The molecule has 0 unspecified atom stereocenters. The van der Waals surface area contributed by atoms with Crippen molar-refractivity contribution in [3.63, 3.8) is 0 Å². The number of amides is 1. The highest BCUT2D eigenvalue weighted by Gasteiger charge is 2.17. The van der Waals surface area contributed by atoms with Gasteiger partial charge in [-0.05, 0) is 18.1 Å². The molecule has 30 heavy (non-hydrogen) atoms. The summed E-state index contributed by atoms with van der Waals surface area (Å²) in [6.07, 6.45) is 0. The highest BCUT2D eigenvalue weighted by atomic mass is 32.2. The lowest BCUT2D eigenvalue weighted by Gasteiger charge is -2.10. The Morgan fingerprint density at radius 1 is 1.07 bits per heavy atom. The molecule has 0 saturated carbocycles. The topological polar surface area (TPSA) is 72.7 Å². The Bertz CT molecular complexity index is 1120. The van der Waals surface area contributed by atoms with Crippen LogP contribution >= 0.6 is 23.1 Å². The first-order valence-electron chi connectivity index (χ1n) is 9.56. The van der Waals surface area contributed by atoms with Gasteiger partial charge in [-0.15, -0.1) is 21.5 Å². The second kappa shape index (κ2) is 9.23. The molecule has 0 atom stereocenters. The summed E-state index contributed by atoms with van der Waals surface area (Å²) >= 11 is 2.80. The largest absolute Gasteiger partial charge is 0.301 e. The molecule has 0 spiro atoms. The van der Waals surface area contributed by atoms with Crippen LogP contribution in [-0.4, -0.2) is 31.4 Å². The molecule has 0 aliphatic rings. The zero-order valence-electron chi connectivity index (χ0n) is 16.6. The number of para-hydroxylation sites is 1. The molecular formula is C22H21N5OS2. The number of anilines is 1. The average Bonchev–Trinajstić information content (AvgIpc) is 3.41. The summed E-state index contributed by atoms with van der Waals surface area (Å²) in [6, 6.07) is 19.8. The van der Waals surface area contributed by atoms with E-state index in [1.165, 1.54) is 23.1 Å². The van der Waals surface area contributed by atoms with Gasteiger partial charge < -0.3 is 5.32 Å². The van der Waals surface area contributed by atoms with Crippen LogP contribution in [0.4, 0.5) is 5.13 Å². The molecule has 6 nitrogen and oxygen atoms in total. The summed E-state index contributed by atoms with van der Waals surface area (Å²) in [6.45, 7) is 4.16. The maximum Gasteiger partial charge on any atom is 0.236 e. The third kappa shape index (κ3) is 4.60. The zero-order chi connectivity index (χ0) is 20.9. The number of thioether (sulfide) groups is 1. The number of thiazole rings is 1. The molecular weight excluding hydrogens is 414 g/mol. The smallest absolute Gasteiger partial charge is 0.236 e. The fraction of sp³-hybridized carbons (Fsp3) is 0.182. The van der Waals surface area contributed by atoms with Crippen molar-refractivity contribution in [3.8, 4) is 17.1 Å². The Balaban J connectivity index is 1.54. The van der Waals surface area contributed by atoms with Gasteiger partial charge in [0.05, 0.1) is 11.4 Å². The quantitative estimate of drug-likeness (QED) is 0.402. The highest BCUT2D eigenvalue weighted by Crippen LogP contribution is 2.28. The molecule has 4 rings (SSSR count). The van der Waals surface area contributed by atoms with E-state index in [4.69, 9.17) is 0 Å². The second-order valence-electron chi connectivity index (χ2n) is 6.91. The molecule has 2 aromatic heterocycles. The van der Waals surface area contributed by atoms with E-state index in [0.29, 0.717) is 16.2 Å². The van der Waals surface area contributed by atoms with Gasteiger partial charge >= 0.3 is 0 Å². The molecule has 0 fully saturated rings. The van der Waals surface area contributed by atoms with Gasteiger partial charge in [0.25, 0.3) is 0 Å². The third-order valence-electron chi connectivity index (χ3n) is 4.37. The van der Waals surface area contributed by atoms with Crippen LogP contribution in [0.15, 0.2) is 71.2 Å². The van der Waals surface area contributed by atoms with Crippen LogP contribution in [0, 0.1) is 0 Å². The lowest BCUT2D eigenvalue weighted by Crippen LogP contribution is -2.14. The van der Waals surface area contributed by atoms with E-state index in [-0.39, 0.29) is 11.7 Å². The molecule has 2 aromatic carbocycles. The van der Waals surface area contributed by atoms with Crippen molar-refractivity contribution >= 4 is 34.1 Å². The molecule has 0 aliphatic heterocycles. The van der Waals surface area contributed by atoms with Crippen molar-refractivity contribution in [2.45, 2.75) is 24.9 Å². The van der Waals surface area contributed by atoms with Gasteiger partial charge in [-0.1, -0.05) is 74.1 Å². The van der Waals surface area contributed by atoms with Crippen molar-refractivity contribution in [1.29, 1.82) is 0 Å². The van der Waals surface area contributed by atoms with Crippen molar-refractivity contribution < 1.29 is 4.79 Å². The Hall–Kier alpha value is -2.97. The second-order valence-corrected chi connectivity index (χ2v) is 8.71. The molecule has 0 bridgehead atoms. The number of benzene rings is 2. The van der Waals surface area contributed by atoms with Gasteiger partial charge in [0, 0.05) is 16.6 Å². The normalized spacial score (nSPS) is 11.0. The molecule has 1 N–H and O–H groups in total. The van der Waals surface area contributed by atoms with Crippen molar-refractivity contribution in [3.05, 3.63) is 71.7 Å². The first kappa shape index (κ1) is 20.3. The highest BCUT2D eigenvalue weighted by molar-refractivity contribution is 7.99. The zero-order valence-corrected chi connectivity index (χ0v) is 18.3. The fourth-order valence-corrected chi connectivity index (χ4v) is 4.48. The van der Waals surface area contributed by atoms with Crippen LogP contribution in [0.2, 0.25) is 0 Å². The summed E-state index contributed by atoms with van der Waals surface area (Å²) in [5, 5.41) is 14.9. The standard InChI is InChI=1S/C22H21N5OS2/c1-15(2)18-13-29-21(23-18)24-19(28)14-30-22-26-25-20(16-9-5-3-6-10-16)27(22)17-11-7-4-8-12-17/h3-13,15H,14H2,1-2H3,(H,23,24,28). The molecule has 2 heterocycles. The van der Waals surface area contributed by atoms with Gasteiger partial charge in [-0.3, -0.25) is 9.36 Å². The van der Waals surface area contributed by atoms with Crippen LogP contribution in [0.3, 0.4) is 0 Å². The molecule has 0 aliphatic carbocycles. The molecule has 0 saturated heterocycles. The lowest BCUT2D eigenvalue weighted by molar-refractivity contribution is -0.113. The van der Waals surface area contributed by atoms with Crippen LogP contribution in [0.1, 0.15) is 25.5 Å². The van der Waals surface area contributed by atoms with Crippen molar-refractivity contribution in [2.24, 2.45) is 0 Å². The number of nitrogens with one attached hydrogen (secondary N) is 1. The van der Waals surface area contributed by atoms with Gasteiger partial charge in [-0.2, -0.15) is 0 Å². The summed E-state index contributed by atoms with van der Waals surface area (Å²) in [5.74, 6) is 1.18. The van der Waals surface area contributed by atoms with Gasteiger partial charge in [-0.25, -0.2) is 4.98 Å². The van der Waals surface area contributed by atoms with Crippen LogP contribution in [-0.2, 0) is 4.79 Å². The monoisotopic (exact) mass is 435 g/mol. The fourth-order valence-electron chi connectivity index (χ4n) is 2.84. The van der Waals surface area contributed by atoms with E-state index >= 15 is 0 Å². The van der Waals surface area contributed by atoms with E-state index < -0.39 is 0 Å². The molecule has 8 heteroatoms. The Morgan fingerprint density at radius 2 is 1.77 bits per heavy atom. The third-order valence-corrected chi connectivity index (χ3v) is 6.08. The maximum atomic E-state index is 12.5. The first-order chi connectivity index (χ1) is 14.6. The number of carbonyl (C=O) groups is 1. The predicted octanol–water partition coefficient (Wildman–Crippen LogP) is 5.25. The SMILES string of the molecule is CC(C)c1csc(NC(=O)CSc2nnc(-c3ccccc3)n2-c2ccccc2)n1. The maximum absolute atomic E-state index is 12.5. The van der Waals surface area contributed by atoms with Gasteiger partial charge in [0.2, 0.25) is 5.91 Å². The van der Waals surface area contributed by atoms with Gasteiger partial charge in [0.1, 0.15) is 0 Å². The summed E-state index contributed by atoms with van der Waals surface area (Å²) in [4.78, 5) is 16.9. The number of aromatic nitrogens is 4. The minimum Gasteiger partial charge on any atom is -0.301 e. The number of carbonyl (C=O) groups excluding carboxylic acids is 1. The number of rotatable bonds is 7.